The molecule has 0 bridgehead atoms. The Bertz CT molecular complexity index is 338. The first-order valence-electron chi connectivity index (χ1n) is 6.20. The van der Waals surface area contributed by atoms with Crippen LogP contribution in [-0.2, 0) is 11.2 Å². The number of hydrogen-bond acceptors (Lipinski definition) is 3. The first-order valence-corrected chi connectivity index (χ1v) is 6.20. The highest BCUT2D eigenvalue weighted by molar-refractivity contribution is 5.17. The lowest BCUT2D eigenvalue weighted by atomic mass is 9.93. The minimum atomic E-state index is -0.780. The van der Waals surface area contributed by atoms with E-state index in [1.807, 2.05) is 0 Å². The maximum atomic E-state index is 12.8. The largest absolute Gasteiger partial charge is 0.390 e. The summed E-state index contributed by atoms with van der Waals surface area (Å²) in [6.07, 6.45) is 1.17. The second-order valence-electron chi connectivity index (χ2n) is 4.79. The van der Waals surface area contributed by atoms with Gasteiger partial charge in [-0.15, -0.1) is 0 Å². The molecular formula is C14H22FNO2. The van der Waals surface area contributed by atoms with E-state index in [0.29, 0.717) is 19.4 Å². The maximum absolute atomic E-state index is 12.8. The van der Waals surface area contributed by atoms with Crippen molar-refractivity contribution in [1.82, 2.24) is 5.32 Å². The monoisotopic (exact) mass is 255 g/mol. The number of rotatable bonds is 8. The van der Waals surface area contributed by atoms with Crippen LogP contribution in [0.15, 0.2) is 24.3 Å². The third-order valence-electron chi connectivity index (χ3n) is 2.82. The van der Waals surface area contributed by atoms with Gasteiger partial charge in [0.2, 0.25) is 0 Å². The average Bonchev–Trinajstić information content (AvgIpc) is 2.31. The van der Waals surface area contributed by atoms with E-state index in [4.69, 9.17) is 4.74 Å². The molecule has 102 valence electrons. The summed E-state index contributed by atoms with van der Waals surface area (Å²) in [5, 5.41) is 13.4. The molecule has 0 aliphatic carbocycles. The minimum Gasteiger partial charge on any atom is -0.390 e. The number of halogens is 1. The van der Waals surface area contributed by atoms with Crippen LogP contribution < -0.4 is 5.32 Å². The molecule has 4 heteroatoms. The number of ether oxygens (including phenoxy) is 1. The molecule has 3 nitrogen and oxygen atoms in total. The highest BCUT2D eigenvalue weighted by Crippen LogP contribution is 2.16. The number of aliphatic hydroxyl groups is 1. The standard InChI is InChI=1S/C14H22FNO2/c1-14(17,7-8-16-9-10-18-2)11-12-3-5-13(15)6-4-12/h3-6,16-17H,7-11H2,1-2H3. The Balaban J connectivity index is 2.32. The Morgan fingerprint density at radius 1 is 1.28 bits per heavy atom. The number of hydrogen-bond donors (Lipinski definition) is 2. The highest BCUT2D eigenvalue weighted by atomic mass is 19.1. The van der Waals surface area contributed by atoms with Crippen LogP contribution in [0.1, 0.15) is 18.9 Å². The van der Waals surface area contributed by atoms with Gasteiger partial charge >= 0.3 is 0 Å². The van der Waals surface area contributed by atoms with Crippen molar-refractivity contribution in [2.45, 2.75) is 25.4 Å². The molecule has 0 aromatic heterocycles. The summed E-state index contributed by atoms with van der Waals surface area (Å²) >= 11 is 0. The van der Waals surface area contributed by atoms with Crippen LogP contribution in [0.4, 0.5) is 4.39 Å². The van der Waals surface area contributed by atoms with E-state index in [2.05, 4.69) is 5.32 Å². The third-order valence-corrected chi connectivity index (χ3v) is 2.82. The molecule has 0 saturated carbocycles. The first kappa shape index (κ1) is 15.1. The van der Waals surface area contributed by atoms with E-state index in [0.717, 1.165) is 18.7 Å². The van der Waals surface area contributed by atoms with Gasteiger partial charge in [-0.05, 0) is 37.6 Å². The molecule has 0 saturated heterocycles. The zero-order valence-electron chi connectivity index (χ0n) is 11.1. The number of benzene rings is 1. The van der Waals surface area contributed by atoms with Crippen LogP contribution in [0.25, 0.3) is 0 Å². The zero-order chi connectivity index (χ0) is 13.4. The van der Waals surface area contributed by atoms with Crippen molar-refractivity contribution in [3.8, 4) is 0 Å². The second kappa shape index (κ2) is 7.46. The van der Waals surface area contributed by atoms with Crippen molar-refractivity contribution in [3.63, 3.8) is 0 Å². The van der Waals surface area contributed by atoms with Crippen LogP contribution in [0.2, 0.25) is 0 Å². The fourth-order valence-corrected chi connectivity index (χ4v) is 1.79. The van der Waals surface area contributed by atoms with E-state index in [1.54, 1.807) is 26.2 Å². The summed E-state index contributed by atoms with van der Waals surface area (Å²) in [7, 11) is 1.66. The molecular weight excluding hydrogens is 233 g/mol. The van der Waals surface area contributed by atoms with Crippen molar-refractivity contribution in [2.75, 3.05) is 26.8 Å². The molecule has 0 aliphatic heterocycles. The van der Waals surface area contributed by atoms with Gasteiger partial charge < -0.3 is 15.2 Å². The summed E-state index contributed by atoms with van der Waals surface area (Å²) < 4.78 is 17.7. The van der Waals surface area contributed by atoms with Gasteiger partial charge in [-0.2, -0.15) is 0 Å². The number of nitrogens with one attached hydrogen (secondary N) is 1. The molecule has 2 N–H and O–H groups in total. The van der Waals surface area contributed by atoms with Gasteiger partial charge in [-0.25, -0.2) is 4.39 Å². The van der Waals surface area contributed by atoms with Crippen LogP contribution in [0, 0.1) is 5.82 Å². The van der Waals surface area contributed by atoms with Crippen molar-refractivity contribution < 1.29 is 14.2 Å². The summed E-state index contributed by atoms with van der Waals surface area (Å²) in [4.78, 5) is 0. The van der Waals surface area contributed by atoms with E-state index in [-0.39, 0.29) is 5.82 Å². The van der Waals surface area contributed by atoms with Gasteiger partial charge in [0.25, 0.3) is 0 Å². The maximum Gasteiger partial charge on any atom is 0.123 e. The predicted molar refractivity (Wildman–Crippen MR) is 70.1 cm³/mol. The summed E-state index contributed by atoms with van der Waals surface area (Å²) in [6, 6.07) is 6.26. The molecule has 1 rings (SSSR count). The van der Waals surface area contributed by atoms with E-state index in [9.17, 15) is 9.50 Å². The molecule has 1 atom stereocenters. The van der Waals surface area contributed by atoms with Gasteiger partial charge in [0.15, 0.2) is 0 Å². The van der Waals surface area contributed by atoms with Gasteiger partial charge in [-0.3, -0.25) is 0 Å². The minimum absolute atomic E-state index is 0.250. The molecule has 1 aromatic carbocycles. The summed E-state index contributed by atoms with van der Waals surface area (Å²) in [6.45, 7) is 3.98. The van der Waals surface area contributed by atoms with E-state index in [1.165, 1.54) is 12.1 Å². The Hall–Kier alpha value is -0.970. The molecule has 0 heterocycles. The van der Waals surface area contributed by atoms with Crippen LogP contribution in [0.5, 0.6) is 0 Å². The predicted octanol–water partition coefficient (Wildman–Crippen LogP) is 1.75. The first-order chi connectivity index (χ1) is 8.53. The molecule has 0 aliphatic rings. The molecule has 1 aromatic rings. The van der Waals surface area contributed by atoms with Crippen molar-refractivity contribution >= 4 is 0 Å². The lowest BCUT2D eigenvalue weighted by molar-refractivity contribution is 0.0510. The zero-order valence-corrected chi connectivity index (χ0v) is 11.1. The van der Waals surface area contributed by atoms with Gasteiger partial charge in [0, 0.05) is 20.1 Å². The molecule has 0 radical (unpaired) electrons. The normalized spacial score (nSPS) is 14.4. The molecule has 18 heavy (non-hydrogen) atoms. The topological polar surface area (TPSA) is 41.5 Å². The van der Waals surface area contributed by atoms with Gasteiger partial charge in [0.1, 0.15) is 5.82 Å². The third kappa shape index (κ3) is 6.10. The van der Waals surface area contributed by atoms with Gasteiger partial charge in [-0.1, -0.05) is 12.1 Å². The fraction of sp³-hybridized carbons (Fsp3) is 0.571. The summed E-state index contributed by atoms with van der Waals surface area (Å²) in [5.41, 5.74) is 0.163. The average molecular weight is 255 g/mol. The molecule has 0 amide bonds. The van der Waals surface area contributed by atoms with Crippen LogP contribution >= 0.6 is 0 Å². The highest BCUT2D eigenvalue weighted by Gasteiger charge is 2.20. The molecule has 1 unspecified atom stereocenters. The van der Waals surface area contributed by atoms with Crippen LogP contribution in [-0.4, -0.2) is 37.5 Å². The second-order valence-corrected chi connectivity index (χ2v) is 4.79. The Morgan fingerprint density at radius 3 is 2.56 bits per heavy atom. The lowest BCUT2D eigenvalue weighted by Crippen LogP contribution is -2.33. The lowest BCUT2D eigenvalue weighted by Gasteiger charge is -2.23. The quantitative estimate of drug-likeness (QED) is 0.695. The molecule has 0 fully saturated rings. The van der Waals surface area contributed by atoms with Crippen molar-refractivity contribution in [1.29, 1.82) is 0 Å². The SMILES string of the molecule is COCCNCCC(C)(O)Cc1ccc(F)cc1. The Morgan fingerprint density at radius 2 is 1.94 bits per heavy atom. The Labute approximate surface area is 108 Å². The summed E-state index contributed by atoms with van der Waals surface area (Å²) in [5.74, 6) is -0.250. The van der Waals surface area contributed by atoms with E-state index < -0.39 is 5.60 Å². The smallest absolute Gasteiger partial charge is 0.123 e. The number of methoxy groups -OCH3 is 1. The van der Waals surface area contributed by atoms with Crippen LogP contribution in [0.3, 0.4) is 0 Å². The van der Waals surface area contributed by atoms with Gasteiger partial charge in [0.05, 0.1) is 12.2 Å². The Kier molecular flexibility index (Phi) is 6.25. The van der Waals surface area contributed by atoms with Crippen molar-refractivity contribution in [3.05, 3.63) is 35.6 Å². The van der Waals surface area contributed by atoms with E-state index >= 15 is 0 Å². The molecule has 0 spiro atoms. The fourth-order valence-electron chi connectivity index (χ4n) is 1.79. The van der Waals surface area contributed by atoms with Crippen molar-refractivity contribution in [2.24, 2.45) is 0 Å².